The summed E-state index contributed by atoms with van der Waals surface area (Å²) in [4.78, 5) is 12.9. The summed E-state index contributed by atoms with van der Waals surface area (Å²) in [6.45, 7) is 1.29. The quantitative estimate of drug-likeness (QED) is 0.849. The maximum absolute atomic E-state index is 11.0. The Kier molecular flexibility index (Phi) is 3.54. The Bertz CT molecular complexity index is 436. The van der Waals surface area contributed by atoms with Crippen LogP contribution in [0.3, 0.4) is 0 Å². The van der Waals surface area contributed by atoms with Gasteiger partial charge in [0.05, 0.1) is 22.4 Å². The molecule has 1 atom stereocenters. The third-order valence-corrected chi connectivity index (χ3v) is 3.34. The van der Waals surface area contributed by atoms with Crippen LogP contribution in [0.5, 0.6) is 0 Å². The van der Waals surface area contributed by atoms with Crippen LogP contribution in [0.15, 0.2) is 18.2 Å². The van der Waals surface area contributed by atoms with Crippen molar-refractivity contribution in [3.8, 4) is 0 Å². The van der Waals surface area contributed by atoms with Gasteiger partial charge in [0.2, 0.25) is 0 Å². The Labute approximate surface area is 104 Å². The average molecular weight is 256 g/mol. The molecule has 5 heteroatoms. The predicted octanol–water partition coefficient (Wildman–Crippen LogP) is 2.00. The van der Waals surface area contributed by atoms with Crippen LogP contribution in [0.4, 0.5) is 5.69 Å². The smallest absolute Gasteiger partial charge is 0.337 e. The summed E-state index contributed by atoms with van der Waals surface area (Å²) in [5.74, 6) is -1.03. The molecule has 4 nitrogen and oxygen atoms in total. The summed E-state index contributed by atoms with van der Waals surface area (Å²) in [7, 11) is 0. The number of carbonyl (C=O) groups is 1. The highest BCUT2D eigenvalue weighted by atomic mass is 35.5. The first kappa shape index (κ1) is 12.2. The normalized spacial score (nSPS) is 20.4. The lowest BCUT2D eigenvalue weighted by Gasteiger charge is -2.32. The zero-order valence-corrected chi connectivity index (χ0v) is 10.0. The lowest BCUT2D eigenvalue weighted by atomic mass is 10.1. The van der Waals surface area contributed by atoms with Gasteiger partial charge in [-0.15, -0.1) is 0 Å². The zero-order valence-electron chi connectivity index (χ0n) is 9.27. The summed E-state index contributed by atoms with van der Waals surface area (Å²) in [5, 5.41) is 18.8. The molecule has 1 fully saturated rings. The van der Waals surface area contributed by atoms with Crippen molar-refractivity contribution in [1.82, 2.24) is 0 Å². The van der Waals surface area contributed by atoms with Crippen LogP contribution in [0.1, 0.15) is 23.2 Å². The van der Waals surface area contributed by atoms with Gasteiger partial charge in [-0.2, -0.15) is 0 Å². The number of anilines is 1. The van der Waals surface area contributed by atoms with Crippen molar-refractivity contribution in [1.29, 1.82) is 0 Å². The van der Waals surface area contributed by atoms with E-state index in [0.29, 0.717) is 12.2 Å². The minimum atomic E-state index is -1.03. The van der Waals surface area contributed by atoms with Gasteiger partial charge in [-0.05, 0) is 25.0 Å². The summed E-state index contributed by atoms with van der Waals surface area (Å²) in [6.07, 6.45) is 1.30. The molecule has 1 aliphatic heterocycles. The number of β-amino-alcohol motifs (C(OH)–C–C–N with tert-alkyl or cyclic N) is 1. The molecule has 2 rings (SSSR count). The number of hydrogen-bond acceptors (Lipinski definition) is 3. The molecular weight excluding hydrogens is 242 g/mol. The van der Waals surface area contributed by atoms with Crippen molar-refractivity contribution < 1.29 is 15.0 Å². The number of piperidine rings is 1. The van der Waals surface area contributed by atoms with Gasteiger partial charge in [-0.1, -0.05) is 17.7 Å². The van der Waals surface area contributed by atoms with E-state index in [-0.39, 0.29) is 16.7 Å². The number of hydrogen-bond donors (Lipinski definition) is 2. The highest BCUT2D eigenvalue weighted by molar-refractivity contribution is 6.36. The fraction of sp³-hybridized carbons (Fsp3) is 0.417. The van der Waals surface area contributed by atoms with Crippen LogP contribution in [-0.4, -0.2) is 35.4 Å². The molecule has 1 aromatic rings. The topological polar surface area (TPSA) is 60.8 Å². The number of aliphatic hydroxyl groups is 1. The molecule has 0 amide bonds. The second-order valence-electron chi connectivity index (χ2n) is 4.19. The monoisotopic (exact) mass is 255 g/mol. The number of rotatable bonds is 2. The Hall–Kier alpha value is -1.26. The molecule has 17 heavy (non-hydrogen) atoms. The number of aromatic carboxylic acids is 1. The van der Waals surface area contributed by atoms with Gasteiger partial charge in [0.15, 0.2) is 0 Å². The van der Waals surface area contributed by atoms with Crippen LogP contribution < -0.4 is 4.90 Å². The van der Waals surface area contributed by atoms with Crippen molar-refractivity contribution in [2.24, 2.45) is 0 Å². The minimum Gasteiger partial charge on any atom is -0.478 e. The van der Waals surface area contributed by atoms with Crippen molar-refractivity contribution in [3.05, 3.63) is 28.8 Å². The van der Waals surface area contributed by atoms with E-state index in [0.717, 1.165) is 19.4 Å². The number of aliphatic hydroxyl groups excluding tert-OH is 1. The van der Waals surface area contributed by atoms with Gasteiger partial charge in [0.25, 0.3) is 0 Å². The summed E-state index contributed by atoms with van der Waals surface area (Å²) < 4.78 is 0. The summed E-state index contributed by atoms with van der Waals surface area (Å²) >= 11 is 6.08. The maximum atomic E-state index is 11.0. The second kappa shape index (κ2) is 4.94. The molecule has 92 valence electrons. The number of nitrogens with zero attached hydrogens (tertiary/aromatic N) is 1. The summed E-state index contributed by atoms with van der Waals surface area (Å²) in [6, 6.07) is 4.94. The first-order valence-corrected chi connectivity index (χ1v) is 5.92. The molecular formula is C12H14ClNO3. The van der Waals surface area contributed by atoms with E-state index < -0.39 is 5.97 Å². The number of benzene rings is 1. The van der Waals surface area contributed by atoms with E-state index in [1.807, 2.05) is 4.90 Å². The fourth-order valence-corrected chi connectivity index (χ4v) is 2.43. The summed E-state index contributed by atoms with van der Waals surface area (Å²) in [5.41, 5.74) is 0.787. The van der Waals surface area contributed by atoms with Gasteiger partial charge < -0.3 is 15.1 Å². The first-order valence-electron chi connectivity index (χ1n) is 5.54. The molecule has 2 N–H and O–H groups in total. The van der Waals surface area contributed by atoms with E-state index in [1.165, 1.54) is 6.07 Å². The lowest BCUT2D eigenvalue weighted by Crippen LogP contribution is -2.38. The Balaban J connectivity index is 2.32. The predicted molar refractivity (Wildman–Crippen MR) is 65.9 cm³/mol. The molecule has 1 saturated heterocycles. The van der Waals surface area contributed by atoms with Gasteiger partial charge in [-0.25, -0.2) is 4.79 Å². The number of carboxylic acid groups (broad SMARTS) is 1. The van der Waals surface area contributed by atoms with E-state index >= 15 is 0 Å². The van der Waals surface area contributed by atoms with E-state index in [9.17, 15) is 9.90 Å². The van der Waals surface area contributed by atoms with Crippen molar-refractivity contribution in [2.45, 2.75) is 18.9 Å². The van der Waals surface area contributed by atoms with Crippen LogP contribution in [-0.2, 0) is 0 Å². The highest BCUT2D eigenvalue weighted by Gasteiger charge is 2.21. The molecule has 0 bridgehead atoms. The molecule has 0 unspecified atom stereocenters. The molecule has 0 aliphatic carbocycles. The molecule has 0 radical (unpaired) electrons. The van der Waals surface area contributed by atoms with Crippen LogP contribution in [0, 0.1) is 0 Å². The third-order valence-electron chi connectivity index (χ3n) is 2.95. The largest absolute Gasteiger partial charge is 0.478 e. The Morgan fingerprint density at radius 2 is 2.24 bits per heavy atom. The van der Waals surface area contributed by atoms with E-state index in [2.05, 4.69) is 0 Å². The van der Waals surface area contributed by atoms with Gasteiger partial charge in [-0.3, -0.25) is 0 Å². The van der Waals surface area contributed by atoms with E-state index in [1.54, 1.807) is 12.1 Å². The van der Waals surface area contributed by atoms with Crippen molar-refractivity contribution in [3.63, 3.8) is 0 Å². The highest BCUT2D eigenvalue weighted by Crippen LogP contribution is 2.31. The van der Waals surface area contributed by atoms with Crippen LogP contribution in [0.25, 0.3) is 0 Å². The first-order chi connectivity index (χ1) is 8.09. The lowest BCUT2D eigenvalue weighted by molar-refractivity contribution is 0.0697. The maximum Gasteiger partial charge on any atom is 0.337 e. The van der Waals surface area contributed by atoms with Gasteiger partial charge in [0, 0.05) is 13.1 Å². The SMILES string of the molecule is O=C(O)c1cccc(N2CCC[C@H](O)C2)c1Cl. The van der Waals surface area contributed by atoms with Crippen molar-refractivity contribution >= 4 is 23.3 Å². The molecule has 0 spiro atoms. The molecule has 1 heterocycles. The molecule has 0 aromatic heterocycles. The number of halogens is 1. The average Bonchev–Trinajstić information content (AvgIpc) is 2.29. The standard InChI is InChI=1S/C12H14ClNO3/c13-11-9(12(16)17)4-1-5-10(11)14-6-2-3-8(15)7-14/h1,4-5,8,15H,2-3,6-7H2,(H,16,17)/t8-/m0/s1. The Morgan fingerprint density at radius 1 is 1.47 bits per heavy atom. The third kappa shape index (κ3) is 2.53. The van der Waals surface area contributed by atoms with Crippen molar-refractivity contribution in [2.75, 3.05) is 18.0 Å². The minimum absolute atomic E-state index is 0.101. The second-order valence-corrected chi connectivity index (χ2v) is 4.56. The number of carboxylic acids is 1. The molecule has 0 saturated carbocycles. The van der Waals surface area contributed by atoms with Gasteiger partial charge >= 0.3 is 5.97 Å². The van der Waals surface area contributed by atoms with Gasteiger partial charge in [0.1, 0.15) is 0 Å². The Morgan fingerprint density at radius 3 is 2.88 bits per heavy atom. The van der Waals surface area contributed by atoms with E-state index in [4.69, 9.17) is 16.7 Å². The fourth-order valence-electron chi connectivity index (χ4n) is 2.10. The van der Waals surface area contributed by atoms with Crippen LogP contribution in [0.2, 0.25) is 5.02 Å². The zero-order chi connectivity index (χ0) is 12.4. The van der Waals surface area contributed by atoms with Crippen LogP contribution >= 0.6 is 11.6 Å². The molecule has 1 aliphatic rings. The molecule has 1 aromatic carbocycles.